The van der Waals surface area contributed by atoms with E-state index in [9.17, 15) is 4.79 Å². The van der Waals surface area contributed by atoms with Gasteiger partial charge in [0.1, 0.15) is 22.8 Å². The number of esters is 1. The van der Waals surface area contributed by atoms with Crippen LogP contribution < -0.4 is 14.2 Å². The maximum atomic E-state index is 13.6. The molecule has 0 aliphatic heterocycles. The summed E-state index contributed by atoms with van der Waals surface area (Å²) in [4.78, 5) is 13.6. The average molecular weight is 457 g/mol. The van der Waals surface area contributed by atoms with Crippen LogP contribution in [0.5, 0.6) is 17.2 Å². The van der Waals surface area contributed by atoms with E-state index in [-0.39, 0.29) is 0 Å². The van der Waals surface area contributed by atoms with Gasteiger partial charge in [0.25, 0.3) is 0 Å². The number of carbonyl (C=O) groups excluding carboxylic acids is 1. The molecule has 4 nitrogen and oxygen atoms in total. The lowest BCUT2D eigenvalue weighted by molar-refractivity contribution is 0.0731. The van der Waals surface area contributed by atoms with Gasteiger partial charge in [0.05, 0.1) is 13.2 Å². The molecule has 176 valence electrons. The van der Waals surface area contributed by atoms with Gasteiger partial charge in [0.15, 0.2) is 0 Å². The molecular formula is C30H32O4. The summed E-state index contributed by atoms with van der Waals surface area (Å²) < 4.78 is 18.4. The van der Waals surface area contributed by atoms with Crippen LogP contribution in [0.3, 0.4) is 0 Å². The Morgan fingerprint density at radius 2 is 1.41 bits per heavy atom. The Morgan fingerprint density at radius 1 is 0.765 bits per heavy atom. The van der Waals surface area contributed by atoms with Crippen LogP contribution in [0.1, 0.15) is 43.6 Å². The van der Waals surface area contributed by atoms with Gasteiger partial charge in [-0.1, -0.05) is 82.3 Å². The van der Waals surface area contributed by atoms with Crippen molar-refractivity contribution in [2.75, 3.05) is 13.2 Å². The van der Waals surface area contributed by atoms with Crippen LogP contribution in [0.25, 0.3) is 21.5 Å². The highest BCUT2D eigenvalue weighted by molar-refractivity contribution is 6.06. The van der Waals surface area contributed by atoms with Gasteiger partial charge in [0, 0.05) is 16.2 Å². The fourth-order valence-electron chi connectivity index (χ4n) is 3.96. The van der Waals surface area contributed by atoms with E-state index in [1.807, 2.05) is 67.6 Å². The molecule has 0 aliphatic carbocycles. The number of hydrogen-bond donors (Lipinski definition) is 0. The van der Waals surface area contributed by atoms with Gasteiger partial charge in [-0.15, -0.1) is 0 Å². The molecule has 4 heteroatoms. The molecule has 4 aromatic rings. The largest absolute Gasteiger partial charge is 0.493 e. The zero-order chi connectivity index (χ0) is 24.2. The molecule has 34 heavy (non-hydrogen) atoms. The topological polar surface area (TPSA) is 44.8 Å². The smallest absolute Gasteiger partial charge is 0.347 e. The standard InChI is InChI=1S/C30H32O4/c1-19(2)17-32-27-16-25(29(33-18-20(3)4)24-14-8-10-21(5)28(24)27)30(31)34-26-15-9-12-22-11-6-7-13-23(22)26/h6-16,19-20H,17-18H2,1-5H3. The molecule has 4 aromatic carbocycles. The second-order valence-electron chi connectivity index (χ2n) is 9.53. The Bertz CT molecular complexity index is 1320. The Hall–Kier alpha value is -3.53. The minimum atomic E-state index is -0.465. The first-order valence-electron chi connectivity index (χ1n) is 11.9. The summed E-state index contributed by atoms with van der Waals surface area (Å²) in [5.41, 5.74) is 1.44. The molecule has 0 saturated heterocycles. The van der Waals surface area contributed by atoms with E-state index < -0.39 is 5.97 Å². The minimum Gasteiger partial charge on any atom is -0.493 e. The van der Waals surface area contributed by atoms with Gasteiger partial charge < -0.3 is 14.2 Å². The molecule has 0 spiro atoms. The molecule has 0 N–H and O–H groups in total. The van der Waals surface area contributed by atoms with Crippen LogP contribution in [-0.4, -0.2) is 19.2 Å². The molecule has 0 saturated carbocycles. The van der Waals surface area contributed by atoms with Crippen molar-refractivity contribution in [2.24, 2.45) is 11.8 Å². The van der Waals surface area contributed by atoms with Crippen LogP contribution in [0, 0.1) is 18.8 Å². The highest BCUT2D eigenvalue weighted by Gasteiger charge is 2.23. The van der Waals surface area contributed by atoms with Crippen molar-refractivity contribution in [3.05, 3.63) is 77.9 Å². The van der Waals surface area contributed by atoms with Crippen molar-refractivity contribution in [2.45, 2.75) is 34.6 Å². The zero-order valence-corrected chi connectivity index (χ0v) is 20.6. The molecule has 0 aliphatic rings. The van der Waals surface area contributed by atoms with E-state index in [0.29, 0.717) is 47.9 Å². The second-order valence-corrected chi connectivity index (χ2v) is 9.53. The summed E-state index contributed by atoms with van der Waals surface area (Å²) in [5.74, 6) is 1.92. The number of rotatable bonds is 8. The summed E-state index contributed by atoms with van der Waals surface area (Å²) in [6, 6.07) is 21.4. The number of hydrogen-bond acceptors (Lipinski definition) is 4. The normalized spacial score (nSPS) is 11.4. The summed E-state index contributed by atoms with van der Waals surface area (Å²) in [7, 11) is 0. The second kappa shape index (κ2) is 10.2. The number of benzene rings is 4. The predicted octanol–water partition coefficient (Wildman–Crippen LogP) is 7.59. The van der Waals surface area contributed by atoms with E-state index in [1.165, 1.54) is 0 Å². The van der Waals surface area contributed by atoms with Gasteiger partial charge in [-0.3, -0.25) is 0 Å². The molecule has 0 atom stereocenters. The van der Waals surface area contributed by atoms with Crippen LogP contribution >= 0.6 is 0 Å². The summed E-state index contributed by atoms with van der Waals surface area (Å²) >= 11 is 0. The van der Waals surface area contributed by atoms with Gasteiger partial charge in [0.2, 0.25) is 0 Å². The van der Waals surface area contributed by atoms with Crippen molar-refractivity contribution in [3.8, 4) is 17.2 Å². The molecular weight excluding hydrogens is 424 g/mol. The van der Waals surface area contributed by atoms with Crippen molar-refractivity contribution in [1.29, 1.82) is 0 Å². The first-order valence-corrected chi connectivity index (χ1v) is 11.9. The minimum absolute atomic E-state index is 0.304. The molecule has 0 heterocycles. The third-order valence-electron chi connectivity index (χ3n) is 5.59. The number of ether oxygens (including phenoxy) is 3. The molecule has 0 bridgehead atoms. The number of aryl methyl sites for hydroxylation is 1. The third kappa shape index (κ3) is 5.01. The highest BCUT2D eigenvalue weighted by Crippen LogP contribution is 2.40. The Labute approximate surface area is 201 Å². The first-order chi connectivity index (χ1) is 16.3. The van der Waals surface area contributed by atoms with Crippen molar-refractivity contribution >= 4 is 27.5 Å². The Balaban J connectivity index is 1.84. The Kier molecular flexibility index (Phi) is 7.06. The highest BCUT2D eigenvalue weighted by atomic mass is 16.5. The van der Waals surface area contributed by atoms with Crippen molar-refractivity contribution in [3.63, 3.8) is 0 Å². The quantitative estimate of drug-likeness (QED) is 0.202. The lowest BCUT2D eigenvalue weighted by Gasteiger charge is -2.20. The lowest BCUT2D eigenvalue weighted by atomic mass is 10.00. The van der Waals surface area contributed by atoms with Gasteiger partial charge >= 0.3 is 5.97 Å². The van der Waals surface area contributed by atoms with Gasteiger partial charge in [-0.25, -0.2) is 4.79 Å². The zero-order valence-electron chi connectivity index (χ0n) is 20.6. The lowest BCUT2D eigenvalue weighted by Crippen LogP contribution is -2.15. The number of fused-ring (bicyclic) bond motifs is 2. The van der Waals surface area contributed by atoms with E-state index in [0.717, 1.165) is 27.1 Å². The summed E-state index contributed by atoms with van der Waals surface area (Å²) in [5, 5.41) is 3.71. The predicted molar refractivity (Wildman–Crippen MR) is 138 cm³/mol. The Morgan fingerprint density at radius 3 is 2.18 bits per heavy atom. The van der Waals surface area contributed by atoms with E-state index in [4.69, 9.17) is 14.2 Å². The SMILES string of the molecule is Cc1cccc2c(OCC(C)C)c(C(=O)Oc3cccc4ccccc34)cc(OCC(C)C)c12. The summed E-state index contributed by atoms with van der Waals surface area (Å²) in [6.45, 7) is 11.5. The molecule has 0 unspecified atom stereocenters. The third-order valence-corrected chi connectivity index (χ3v) is 5.59. The first kappa shape index (κ1) is 23.6. The summed E-state index contributed by atoms with van der Waals surface area (Å²) in [6.07, 6.45) is 0. The monoisotopic (exact) mass is 456 g/mol. The molecule has 0 fully saturated rings. The van der Waals surface area contributed by atoms with Crippen LogP contribution in [0.4, 0.5) is 0 Å². The number of carbonyl (C=O) groups is 1. The average Bonchev–Trinajstić information content (AvgIpc) is 2.81. The van der Waals surface area contributed by atoms with Crippen LogP contribution in [-0.2, 0) is 0 Å². The molecule has 0 amide bonds. The van der Waals surface area contributed by atoms with E-state index >= 15 is 0 Å². The van der Waals surface area contributed by atoms with Crippen LogP contribution in [0.2, 0.25) is 0 Å². The fourth-order valence-corrected chi connectivity index (χ4v) is 3.96. The molecule has 0 aromatic heterocycles. The molecule has 4 rings (SSSR count). The van der Waals surface area contributed by atoms with Crippen molar-refractivity contribution in [1.82, 2.24) is 0 Å². The van der Waals surface area contributed by atoms with E-state index in [2.05, 4.69) is 27.7 Å². The van der Waals surface area contributed by atoms with Crippen molar-refractivity contribution < 1.29 is 19.0 Å². The van der Waals surface area contributed by atoms with Gasteiger partial charge in [-0.2, -0.15) is 0 Å². The van der Waals surface area contributed by atoms with Crippen LogP contribution in [0.15, 0.2) is 66.7 Å². The van der Waals surface area contributed by atoms with E-state index in [1.54, 1.807) is 6.07 Å². The van der Waals surface area contributed by atoms with Gasteiger partial charge in [-0.05, 0) is 41.8 Å². The molecule has 0 radical (unpaired) electrons. The maximum absolute atomic E-state index is 13.6. The maximum Gasteiger partial charge on any atom is 0.347 e. The fraction of sp³-hybridized carbons (Fsp3) is 0.300.